The zero-order chi connectivity index (χ0) is 27.2. The van der Waals surface area contributed by atoms with Crippen molar-refractivity contribution in [3.63, 3.8) is 0 Å². The Balaban J connectivity index is 1.65. The fraction of sp³-hybridized carbons (Fsp3) is 0.387. The summed E-state index contributed by atoms with van der Waals surface area (Å²) in [7, 11) is 0. The number of carbonyl (C=O) groups excluding carboxylic acids is 1. The molecule has 0 radical (unpaired) electrons. The van der Waals surface area contributed by atoms with Gasteiger partial charge in [0.1, 0.15) is 29.0 Å². The lowest BCUT2D eigenvalue weighted by atomic mass is 10.1. The van der Waals surface area contributed by atoms with Gasteiger partial charge in [-0.15, -0.1) is 0 Å². The van der Waals surface area contributed by atoms with Gasteiger partial charge in [-0.05, 0) is 49.1 Å². The van der Waals surface area contributed by atoms with Crippen LogP contribution in [0.4, 0.5) is 0 Å². The van der Waals surface area contributed by atoms with E-state index in [1.54, 1.807) is 30.3 Å². The second-order valence-electron chi connectivity index (χ2n) is 9.14. The first-order valence-corrected chi connectivity index (χ1v) is 13.3. The molecule has 196 valence electrons. The third-order valence-corrected chi connectivity index (χ3v) is 6.21. The van der Waals surface area contributed by atoms with Crippen molar-refractivity contribution in [2.75, 3.05) is 6.61 Å². The van der Waals surface area contributed by atoms with Gasteiger partial charge in [0.25, 0.3) is 0 Å². The molecule has 0 aliphatic heterocycles. The van der Waals surface area contributed by atoms with Gasteiger partial charge in [0, 0.05) is 18.0 Å². The summed E-state index contributed by atoms with van der Waals surface area (Å²) < 4.78 is 11.3. The number of hydrogen-bond donors (Lipinski definition) is 0. The lowest BCUT2D eigenvalue weighted by Crippen LogP contribution is -2.10. The molecule has 0 amide bonds. The van der Waals surface area contributed by atoms with Gasteiger partial charge in [-0.3, -0.25) is 0 Å². The van der Waals surface area contributed by atoms with Gasteiger partial charge in [0.2, 0.25) is 0 Å². The first kappa shape index (κ1) is 28.3. The van der Waals surface area contributed by atoms with Gasteiger partial charge in [-0.2, -0.15) is 10.5 Å². The van der Waals surface area contributed by atoms with E-state index in [9.17, 15) is 15.3 Å². The number of carbonyl (C=O) groups is 1. The lowest BCUT2D eigenvalue weighted by Gasteiger charge is -2.12. The number of benzene rings is 2. The average Bonchev–Trinajstić information content (AvgIpc) is 2.95. The number of aryl methyl sites for hydroxylation is 1. The molecule has 3 rings (SSSR count). The summed E-state index contributed by atoms with van der Waals surface area (Å²) in [5.41, 5.74) is 2.24. The van der Waals surface area contributed by atoms with Crippen LogP contribution in [-0.2, 0) is 6.42 Å². The largest absolute Gasteiger partial charge is 0.492 e. The van der Waals surface area contributed by atoms with Crippen LogP contribution in [-0.4, -0.2) is 22.5 Å². The van der Waals surface area contributed by atoms with Gasteiger partial charge < -0.3 is 9.47 Å². The third kappa shape index (κ3) is 7.88. The Morgan fingerprint density at radius 1 is 0.789 bits per heavy atom. The first-order chi connectivity index (χ1) is 18.6. The van der Waals surface area contributed by atoms with Gasteiger partial charge in [0.15, 0.2) is 11.6 Å². The van der Waals surface area contributed by atoms with Crippen LogP contribution >= 0.6 is 0 Å². The monoisotopic (exact) mass is 510 g/mol. The Morgan fingerprint density at radius 2 is 1.39 bits per heavy atom. The number of esters is 1. The fourth-order valence-electron chi connectivity index (χ4n) is 4.01. The molecule has 0 saturated carbocycles. The van der Waals surface area contributed by atoms with E-state index in [0.717, 1.165) is 49.7 Å². The maximum atomic E-state index is 12.8. The molecule has 7 nitrogen and oxygen atoms in total. The molecule has 0 fully saturated rings. The van der Waals surface area contributed by atoms with Crippen molar-refractivity contribution in [1.82, 2.24) is 9.97 Å². The Labute approximate surface area is 225 Å². The average molecular weight is 511 g/mol. The SMILES string of the molecule is CCCCCCCOc1ccc(OC(=O)c2ccc(-c3ncc(CCCCC)cn3)cc2)c(C#N)c1C#N. The maximum Gasteiger partial charge on any atom is 0.343 e. The molecule has 3 aromatic rings. The highest BCUT2D eigenvalue weighted by Crippen LogP contribution is 2.30. The van der Waals surface area contributed by atoms with Crippen molar-refractivity contribution in [2.45, 2.75) is 71.6 Å². The topological polar surface area (TPSA) is 109 Å². The predicted molar refractivity (Wildman–Crippen MR) is 146 cm³/mol. The van der Waals surface area contributed by atoms with Gasteiger partial charge >= 0.3 is 5.97 Å². The Hall–Kier alpha value is -4.23. The van der Waals surface area contributed by atoms with E-state index in [-0.39, 0.29) is 16.9 Å². The molecule has 1 heterocycles. The fourth-order valence-corrected chi connectivity index (χ4v) is 4.01. The normalized spacial score (nSPS) is 10.4. The number of aromatic nitrogens is 2. The van der Waals surface area contributed by atoms with E-state index in [1.165, 1.54) is 25.3 Å². The third-order valence-electron chi connectivity index (χ3n) is 6.21. The van der Waals surface area contributed by atoms with Crippen molar-refractivity contribution in [3.05, 3.63) is 71.0 Å². The minimum Gasteiger partial charge on any atom is -0.492 e. The van der Waals surface area contributed by atoms with E-state index in [0.29, 0.717) is 23.7 Å². The van der Waals surface area contributed by atoms with Gasteiger partial charge in [0.05, 0.1) is 12.2 Å². The summed E-state index contributed by atoms with van der Waals surface area (Å²) in [4.78, 5) is 21.7. The smallest absolute Gasteiger partial charge is 0.343 e. The second-order valence-corrected chi connectivity index (χ2v) is 9.14. The zero-order valence-corrected chi connectivity index (χ0v) is 22.2. The molecule has 0 aliphatic rings. The molecule has 0 bridgehead atoms. The van der Waals surface area contributed by atoms with E-state index in [1.807, 2.05) is 24.5 Å². The number of nitriles is 2. The second kappa shape index (κ2) is 15.1. The van der Waals surface area contributed by atoms with E-state index < -0.39 is 5.97 Å². The molecule has 0 atom stereocenters. The molecule has 38 heavy (non-hydrogen) atoms. The number of unbranched alkanes of at least 4 members (excludes halogenated alkanes) is 6. The Morgan fingerprint density at radius 3 is 2.05 bits per heavy atom. The highest BCUT2D eigenvalue weighted by atomic mass is 16.5. The Kier molecular flexibility index (Phi) is 11.3. The molecular weight excluding hydrogens is 476 g/mol. The molecule has 0 spiro atoms. The predicted octanol–water partition coefficient (Wildman–Crippen LogP) is 7.19. The van der Waals surface area contributed by atoms with Crippen molar-refractivity contribution < 1.29 is 14.3 Å². The number of rotatable bonds is 14. The van der Waals surface area contributed by atoms with Gasteiger partial charge in [-0.25, -0.2) is 14.8 Å². The number of ether oxygens (including phenoxy) is 2. The summed E-state index contributed by atoms with van der Waals surface area (Å²) >= 11 is 0. The van der Waals surface area contributed by atoms with Crippen LogP contribution in [0.15, 0.2) is 48.8 Å². The molecule has 0 N–H and O–H groups in total. The lowest BCUT2D eigenvalue weighted by molar-refractivity contribution is 0.0734. The number of hydrogen-bond acceptors (Lipinski definition) is 7. The Bertz CT molecular complexity index is 1270. The summed E-state index contributed by atoms with van der Waals surface area (Å²) in [5.74, 6) is 0.291. The van der Waals surface area contributed by atoms with E-state index in [4.69, 9.17) is 9.47 Å². The maximum absolute atomic E-state index is 12.8. The molecule has 0 saturated heterocycles. The van der Waals surface area contributed by atoms with Crippen molar-refractivity contribution >= 4 is 5.97 Å². The van der Waals surface area contributed by atoms with E-state index in [2.05, 4.69) is 23.8 Å². The van der Waals surface area contributed by atoms with Crippen molar-refractivity contribution in [2.24, 2.45) is 0 Å². The quantitative estimate of drug-likeness (QED) is 0.128. The minimum atomic E-state index is -0.631. The molecule has 0 aliphatic carbocycles. The molecule has 2 aromatic carbocycles. The highest BCUT2D eigenvalue weighted by molar-refractivity contribution is 5.92. The summed E-state index contributed by atoms with van der Waals surface area (Å²) in [6.45, 7) is 4.79. The number of nitrogens with zero attached hydrogens (tertiary/aromatic N) is 4. The standard InChI is InChI=1S/C31H34N4O3/c1-3-5-7-8-10-18-37-28-16-17-29(27(20-33)26(28)19-32)38-31(36)25-14-12-24(13-15-25)30-34-21-23(22-35-30)11-9-6-4-2/h12-17,21-22H,3-11,18H2,1-2H3. The van der Waals surface area contributed by atoms with Crippen LogP contribution < -0.4 is 9.47 Å². The summed E-state index contributed by atoms with van der Waals surface area (Å²) in [6.07, 6.45) is 13.5. The van der Waals surface area contributed by atoms with Crippen LogP contribution in [0, 0.1) is 22.7 Å². The van der Waals surface area contributed by atoms with Crippen molar-refractivity contribution in [3.8, 4) is 35.0 Å². The van der Waals surface area contributed by atoms with Crippen molar-refractivity contribution in [1.29, 1.82) is 10.5 Å². The van der Waals surface area contributed by atoms with Crippen LogP contribution in [0.25, 0.3) is 11.4 Å². The zero-order valence-electron chi connectivity index (χ0n) is 22.2. The summed E-state index contributed by atoms with van der Waals surface area (Å²) in [6, 6.07) is 13.8. The minimum absolute atomic E-state index is 0.0200. The van der Waals surface area contributed by atoms with Crippen LogP contribution in [0.2, 0.25) is 0 Å². The molecule has 1 aromatic heterocycles. The molecule has 0 unspecified atom stereocenters. The molecular formula is C31H34N4O3. The van der Waals surface area contributed by atoms with Crippen LogP contribution in [0.5, 0.6) is 11.5 Å². The van der Waals surface area contributed by atoms with Crippen LogP contribution in [0.1, 0.15) is 92.3 Å². The van der Waals surface area contributed by atoms with Gasteiger partial charge in [-0.1, -0.05) is 64.5 Å². The first-order valence-electron chi connectivity index (χ1n) is 13.3. The highest BCUT2D eigenvalue weighted by Gasteiger charge is 2.19. The molecule has 7 heteroatoms. The summed E-state index contributed by atoms with van der Waals surface area (Å²) in [5, 5.41) is 19.3. The van der Waals surface area contributed by atoms with E-state index >= 15 is 0 Å². The van der Waals surface area contributed by atoms with Crippen LogP contribution in [0.3, 0.4) is 0 Å².